The van der Waals surface area contributed by atoms with E-state index in [1.54, 1.807) is 0 Å². The van der Waals surface area contributed by atoms with Crippen molar-refractivity contribution < 1.29 is 309 Å². The molecule has 140 heavy (non-hydrogen) atoms. The number of nitrogens with zero attached hydrogens (tertiary/aromatic N) is 30. The fourth-order valence-corrected chi connectivity index (χ4v) is 0. The summed E-state index contributed by atoms with van der Waals surface area (Å²) in [6.45, 7) is 0. The third-order valence-electron chi connectivity index (χ3n) is 0. The molecule has 0 bridgehead atoms. The van der Waals surface area contributed by atoms with Crippen LogP contribution in [0.3, 0.4) is 0 Å². The van der Waals surface area contributed by atoms with Crippen LogP contribution in [0.5, 0.6) is 0 Å². The molecule has 0 aliphatic carbocycles. The average Bonchev–Trinajstić information content (AvgIpc) is 3.29. The Labute approximate surface area is 1480 Å². The van der Waals surface area contributed by atoms with Gasteiger partial charge >= 0.3 is 910 Å². The van der Waals surface area contributed by atoms with E-state index in [0.29, 0.717) is 0 Å². The Morgan fingerprint density at radius 3 is 0.0643 bits per heavy atom. The molecule has 0 aromatic rings. The first-order valence-corrected chi connectivity index (χ1v) is 17.0. The van der Waals surface area contributed by atoms with Crippen LogP contribution >= 0.6 is 0 Å². The molecule has 0 heterocycles. The van der Waals surface area contributed by atoms with Gasteiger partial charge in [0.25, 0.3) is 153 Å². The SMILES string of the molecule is O=[N+]([O-])O.O=[N+]([O-])O.O=[N+]([O-])O.O=[N+]([O-])O.O=[N+]([O-])O.O=[N+]([O-])O.O=[N+]([O-])O.O=[N+]([O-])O.O=[N+]([O-])O.O=[N+]([O-])O.O=[N+]([O-])O.O=[N+]([O-])O.O=[N+]([O-])O.O=[N+]([O-])O.O=[N+]([O-])O.O=[N+]([O-])O.O=[N+]([O-])O.O=[N+]([O-])O.O=[N+]([O-])O.O=[N+]([O-])O.O=[N+]([O-])O.O=[N+]([O-])O.O=[N+]([O-])O.O=[N+]([O-])O.O=[N+]([O-])O.O=[N+]([O-])O.O=[N+]([O-])O.O=[N+]([O-])O.O=[N+]([O-])O.O=[N+]([O-])O.[Sr+2].[Sr+2].[Sr+2].[Sr+2].[Sr+2].[Sr+2].[Sr+2].[Sr+2].[Sr+2].[Sr+2].[Sr+2].[Sr+2].[Sr+2].[Sr+2].[Sr+2].[Sr+2].[Sr+2].[Sr+2].[Sr+2].[Sr+2]. The molecule has 0 unspecified atom stereocenters. The van der Waals surface area contributed by atoms with E-state index < -0.39 is 153 Å². The van der Waals surface area contributed by atoms with Crippen molar-refractivity contribution in [2.45, 2.75) is 0 Å². The van der Waals surface area contributed by atoms with Gasteiger partial charge in [-0.15, -0.1) is 303 Å². The second-order valence-electron chi connectivity index (χ2n) is 7.14. The normalized spacial score (nSPS) is 5.14. The summed E-state index contributed by atoms with van der Waals surface area (Å²) in [6.07, 6.45) is 0. The molecule has 0 aliphatic rings. The van der Waals surface area contributed by atoms with Gasteiger partial charge in [-0.3, -0.25) is 0 Å². The summed E-state index contributed by atoms with van der Waals surface area (Å²) in [7, 11) is 0. The van der Waals surface area contributed by atoms with Crippen LogP contribution in [0.4, 0.5) is 0 Å². The van der Waals surface area contributed by atoms with Crippen LogP contribution in [-0.4, -0.2) is 1220 Å². The van der Waals surface area contributed by atoms with Crippen molar-refractivity contribution in [3.8, 4) is 0 Å². The molecule has 0 saturated heterocycles. The molecule has 0 aromatic heterocycles. The molecule has 0 fully saturated rings. The van der Waals surface area contributed by atoms with Crippen molar-refractivity contribution in [2.75, 3.05) is 0 Å². The molecule has 0 spiro atoms. The van der Waals surface area contributed by atoms with Crippen molar-refractivity contribution in [1.82, 2.24) is 0 Å². The average molecular weight is 3640 g/mol. The second-order valence-corrected chi connectivity index (χ2v) is 7.14. The van der Waals surface area contributed by atoms with Gasteiger partial charge in [-0.25, -0.2) is 0 Å². The van der Waals surface area contributed by atoms with Crippen LogP contribution in [0.15, 0.2) is 0 Å². The third kappa shape index (κ3) is 92800. The van der Waals surface area contributed by atoms with Crippen LogP contribution in [0.2, 0.25) is 0 Å². The molecule has 120 nitrogen and oxygen atoms in total. The van der Waals surface area contributed by atoms with Gasteiger partial charge < -0.3 is 156 Å². The smallest absolute Gasteiger partial charge is 0.328 e. The van der Waals surface area contributed by atoms with Gasteiger partial charge in [-0.2, -0.15) is 0 Å². The van der Waals surface area contributed by atoms with Gasteiger partial charge in [0.15, 0.2) is 0 Å². The Morgan fingerprint density at radius 2 is 0.0643 bits per heavy atom. The summed E-state index contributed by atoms with van der Waals surface area (Å²) in [6, 6.07) is 0. The zero-order chi connectivity index (χ0) is 107. The van der Waals surface area contributed by atoms with E-state index in [-0.39, 0.29) is 910 Å². The van der Waals surface area contributed by atoms with Gasteiger partial charge in [0.1, 0.15) is 0 Å². The van der Waals surface area contributed by atoms with Gasteiger partial charge in [0.05, 0.1) is 0 Å². The van der Waals surface area contributed by atoms with E-state index in [1.807, 2.05) is 0 Å². The van der Waals surface area contributed by atoms with E-state index in [0.717, 1.165) is 0 Å². The van der Waals surface area contributed by atoms with Gasteiger partial charge in [0.2, 0.25) is 0 Å². The molecule has 0 amide bonds. The summed E-state index contributed by atoms with van der Waals surface area (Å²) in [5.41, 5.74) is 0. The first-order valence-electron chi connectivity index (χ1n) is 17.0. The summed E-state index contributed by atoms with van der Waals surface area (Å²) < 4.78 is 0. The molecule has 140 heteroatoms. The topological polar surface area (TPSA) is 1900 Å². The van der Waals surface area contributed by atoms with Crippen molar-refractivity contribution in [1.29, 1.82) is 0 Å². The fourth-order valence-electron chi connectivity index (χ4n) is 0. The van der Waals surface area contributed by atoms with Crippen LogP contribution in [-0.2, 0) is 0 Å². The second kappa shape index (κ2) is 326. The zero-order valence-corrected chi connectivity index (χ0v) is 135. The Balaban J connectivity index is -0.0000000124. The van der Waals surface area contributed by atoms with Crippen LogP contribution in [0, 0.1) is 303 Å². The molecule has 0 aromatic carbocycles. The molecular weight excluding hydrogens is 3610 g/mol. The molecule has 30 N–H and O–H groups in total. The maximum absolute atomic E-state index is 8.36. The monoisotopic (exact) mass is 3650 g/mol. The van der Waals surface area contributed by atoms with Crippen molar-refractivity contribution in [3.63, 3.8) is 0 Å². The summed E-state index contributed by atoms with van der Waals surface area (Å²) in [5.74, 6) is 0. The number of rotatable bonds is 0. The van der Waals surface area contributed by atoms with Crippen LogP contribution in [0.25, 0.3) is 0 Å². The van der Waals surface area contributed by atoms with Crippen LogP contribution < -0.4 is 0 Å². The predicted octanol–water partition coefficient (Wildman–Crippen LogP) is -18.0. The fraction of sp³-hybridized carbons (Fsp3) is 0. The maximum atomic E-state index is 8.36. The largest absolute Gasteiger partial charge is 2.00 e. The third-order valence-corrected chi connectivity index (χ3v) is 0. The zero-order valence-electron chi connectivity index (χ0n) is 65.5. The van der Waals surface area contributed by atoms with E-state index in [4.69, 9.17) is 460 Å². The molecule has 0 aliphatic heterocycles. The predicted molar refractivity (Wildman–Crippen MR) is 379 cm³/mol. The van der Waals surface area contributed by atoms with Gasteiger partial charge in [-0.05, 0) is 0 Å². The minimum atomic E-state index is -1.50. The molecular formula is H30N30O90Sr20+40. The Hall–Kier alpha value is 5.61. The van der Waals surface area contributed by atoms with Crippen molar-refractivity contribution >= 4 is 910 Å². The van der Waals surface area contributed by atoms with Crippen LogP contribution in [0.1, 0.15) is 0 Å². The summed E-state index contributed by atoms with van der Waals surface area (Å²) in [5, 5.41) is 409. The summed E-state index contributed by atoms with van der Waals surface area (Å²) >= 11 is 0. The first kappa shape index (κ1) is 333. The Bertz CT molecular complexity index is 1750. The van der Waals surface area contributed by atoms with Gasteiger partial charge in [-0.1, -0.05) is 0 Å². The van der Waals surface area contributed by atoms with E-state index in [1.165, 1.54) is 0 Å². The summed E-state index contributed by atoms with van der Waals surface area (Å²) in [4.78, 5) is 251. The van der Waals surface area contributed by atoms with E-state index in [9.17, 15) is 0 Å². The Kier molecular flexibility index (Phi) is 776. The minimum Gasteiger partial charge on any atom is -0.328 e. The Morgan fingerprint density at radius 1 is 0.0643 bits per heavy atom. The molecule has 0 radical (unpaired) electrons. The van der Waals surface area contributed by atoms with E-state index >= 15 is 0 Å². The first-order chi connectivity index (χ1) is 52.0. The van der Waals surface area contributed by atoms with Crippen molar-refractivity contribution in [3.05, 3.63) is 303 Å². The minimum absolute atomic E-state index is 0. The maximum Gasteiger partial charge on any atom is 2.00 e. The van der Waals surface area contributed by atoms with Crippen molar-refractivity contribution in [2.24, 2.45) is 0 Å². The van der Waals surface area contributed by atoms with E-state index in [2.05, 4.69) is 0 Å². The molecule has 0 saturated carbocycles. The van der Waals surface area contributed by atoms with Gasteiger partial charge in [0, 0.05) is 0 Å². The number of hydrogen-bond acceptors (Lipinski definition) is 60. The standard InChI is InChI=1S/30HNO3.20Sr/c30*2-1(3)4;;;;;;;;;;;;;;;;;;;;/h30*(H,2,3,4);;;;;;;;;;;;;;;;;;;;/q;;;;;;;;;;;;;;;;;;;;;;;;;;;;;;20*+2. The number of hydrogen-bond donors (Lipinski definition) is 30. The molecule has 0 atom stereocenters. The molecule has 0 rings (SSSR count). The molecule has 720 valence electrons. The quantitative estimate of drug-likeness (QED) is 0.0608.